The Hall–Kier alpha value is -3.96. The van der Waals surface area contributed by atoms with Gasteiger partial charge in [0.25, 0.3) is 0 Å². The number of benzene rings is 4. The highest BCUT2D eigenvalue weighted by Gasteiger charge is 2.40. The molecule has 2 atom stereocenters. The third-order valence-electron chi connectivity index (χ3n) is 10.4. The molecule has 1 amide bonds. The van der Waals surface area contributed by atoms with Gasteiger partial charge in [0.05, 0.1) is 18.4 Å². The van der Waals surface area contributed by atoms with Crippen LogP contribution < -0.4 is 20.1 Å². The third kappa shape index (κ3) is 11.3. The van der Waals surface area contributed by atoms with Crippen LogP contribution in [-0.2, 0) is 47.1 Å². The first-order valence-electron chi connectivity index (χ1n) is 18.2. The lowest BCUT2D eigenvalue weighted by Gasteiger charge is -2.38. The Morgan fingerprint density at radius 1 is 0.904 bits per heavy atom. The Bertz CT molecular complexity index is 1900. The van der Waals surface area contributed by atoms with Crippen molar-refractivity contribution in [2.24, 2.45) is 0 Å². The zero-order chi connectivity index (χ0) is 37.5. The van der Waals surface area contributed by atoms with E-state index in [2.05, 4.69) is 72.5 Å². The van der Waals surface area contributed by atoms with Gasteiger partial charge in [-0.05, 0) is 102 Å². The van der Waals surface area contributed by atoms with E-state index in [9.17, 15) is 18.0 Å². The van der Waals surface area contributed by atoms with Crippen molar-refractivity contribution in [2.75, 3.05) is 17.5 Å². The summed E-state index contributed by atoms with van der Waals surface area (Å²) in [6.07, 6.45) is 4.72. The Balaban J connectivity index is 1.26. The molecule has 0 aromatic heterocycles. The summed E-state index contributed by atoms with van der Waals surface area (Å²) < 4.78 is 33.6. The molecule has 0 fully saturated rings. The van der Waals surface area contributed by atoms with Crippen molar-refractivity contribution in [3.8, 4) is 5.75 Å². The van der Waals surface area contributed by atoms with Crippen LogP contribution in [0.1, 0.15) is 66.5 Å². The van der Waals surface area contributed by atoms with Crippen molar-refractivity contribution in [3.63, 3.8) is 0 Å². The number of rotatable bonds is 17. The lowest BCUT2D eigenvalue weighted by molar-refractivity contribution is -0.121. The summed E-state index contributed by atoms with van der Waals surface area (Å²) in [6, 6.07) is 32.4. The van der Waals surface area contributed by atoms with E-state index in [0.717, 1.165) is 47.8 Å². The molecule has 4 aromatic rings. The fourth-order valence-corrected chi connectivity index (χ4v) is 8.18. The molecule has 278 valence electrons. The number of fused-ring (bicyclic) bond motifs is 1. The summed E-state index contributed by atoms with van der Waals surface area (Å²) in [5.74, 6) is 0.482. The van der Waals surface area contributed by atoms with Gasteiger partial charge in [0.2, 0.25) is 15.9 Å². The second kappa shape index (κ2) is 16.8. The number of hydrogen-bond acceptors (Lipinski definition) is 6. The van der Waals surface area contributed by atoms with Crippen molar-refractivity contribution in [1.29, 1.82) is 0 Å². The smallest absolute Gasteiger partial charge is 0.229 e. The number of ether oxygens (including phenoxy) is 1. The number of sulfonamides is 1. The summed E-state index contributed by atoms with van der Waals surface area (Å²) in [5, 5.41) is 6.65. The van der Waals surface area contributed by atoms with E-state index in [1.165, 1.54) is 11.1 Å². The van der Waals surface area contributed by atoms with Gasteiger partial charge >= 0.3 is 0 Å². The van der Waals surface area contributed by atoms with Crippen molar-refractivity contribution >= 4 is 29.9 Å². The first kappa shape index (κ1) is 39.2. The average Bonchev–Trinajstić information content (AvgIpc) is 3.47. The monoisotopic (exact) mass is 741 g/mol. The summed E-state index contributed by atoms with van der Waals surface area (Å²) >= 11 is 0. The molecule has 1 unspecified atom stereocenters. The minimum Gasteiger partial charge on any atom is -0.487 e. The van der Waals surface area contributed by atoms with Crippen LogP contribution in [0.5, 0.6) is 5.75 Å². The molecule has 0 aliphatic heterocycles. The Labute approximate surface area is 311 Å². The molecule has 8 nitrogen and oxygen atoms in total. The van der Waals surface area contributed by atoms with Crippen LogP contribution in [0.25, 0.3) is 0 Å². The molecule has 0 bridgehead atoms. The highest BCUT2D eigenvalue weighted by atomic mass is 32.2. The molecular weight excluding hydrogens is 687 g/mol. The molecular formula is C42H55N3O5SSi. The SMILES string of the molecule is C[C@H](Cc1cccc(CC(=O)NC2Cc3ccccc3C2)c1)NCC(CC(C)(C)[Si](C)(C)O)c1ccc(OCc2ccccc2)c(NS(C)(=O)=O)c1. The molecule has 4 N–H and O–H groups in total. The zero-order valence-corrected chi connectivity index (χ0v) is 33.2. The molecule has 0 heterocycles. The van der Waals surface area contributed by atoms with Gasteiger partial charge in [0.1, 0.15) is 12.4 Å². The molecule has 0 saturated heterocycles. The van der Waals surface area contributed by atoms with Crippen LogP contribution in [0, 0.1) is 0 Å². The van der Waals surface area contributed by atoms with E-state index in [1.807, 2.05) is 73.8 Å². The predicted octanol–water partition coefficient (Wildman–Crippen LogP) is 7.14. The van der Waals surface area contributed by atoms with Gasteiger partial charge in [-0.25, -0.2) is 8.42 Å². The van der Waals surface area contributed by atoms with E-state index in [4.69, 9.17) is 4.74 Å². The van der Waals surface area contributed by atoms with Gasteiger partial charge in [0.15, 0.2) is 8.32 Å². The standard InChI is InChI=1S/C42H55N3O5SSi/c1-30(21-32-15-12-16-33(22-32)23-41(46)44-38-24-34-17-10-11-18-35(34)25-38)43-28-37(27-42(2,3)52(5,6)49)36-19-20-40(39(26-36)45-51(4,47)48)50-29-31-13-8-7-9-14-31/h7-20,22,26,30,37-38,43,45,49H,21,23-25,27-29H2,1-6H3,(H,44,46)/t30-,37?/m1/s1. The van der Waals surface area contributed by atoms with Gasteiger partial charge in [-0.1, -0.05) is 98.8 Å². The molecule has 10 heteroatoms. The normalized spacial score (nSPS) is 14.8. The molecule has 5 rings (SSSR count). The van der Waals surface area contributed by atoms with Crippen molar-refractivity contribution in [1.82, 2.24) is 10.6 Å². The lowest BCUT2D eigenvalue weighted by atomic mass is 9.88. The number of anilines is 1. The maximum absolute atomic E-state index is 13.0. The minimum atomic E-state index is -3.58. The first-order chi connectivity index (χ1) is 24.5. The van der Waals surface area contributed by atoms with Gasteiger partial charge in [-0.2, -0.15) is 0 Å². The van der Waals surface area contributed by atoms with Gasteiger partial charge in [-0.3, -0.25) is 9.52 Å². The molecule has 1 aliphatic rings. The number of carbonyl (C=O) groups excluding carboxylic acids is 1. The molecule has 0 saturated carbocycles. The van der Waals surface area contributed by atoms with Crippen LogP contribution >= 0.6 is 0 Å². The van der Waals surface area contributed by atoms with Crippen LogP contribution in [0.3, 0.4) is 0 Å². The van der Waals surface area contributed by atoms with E-state index in [0.29, 0.717) is 37.4 Å². The predicted molar refractivity (Wildman–Crippen MR) is 214 cm³/mol. The summed E-state index contributed by atoms with van der Waals surface area (Å²) in [7, 11) is -6.13. The van der Waals surface area contributed by atoms with E-state index >= 15 is 0 Å². The average molecular weight is 742 g/mol. The van der Waals surface area contributed by atoms with Gasteiger partial charge < -0.3 is 20.2 Å². The largest absolute Gasteiger partial charge is 0.487 e. The maximum Gasteiger partial charge on any atom is 0.229 e. The van der Waals surface area contributed by atoms with Crippen molar-refractivity contribution in [2.45, 2.75) is 95.6 Å². The fourth-order valence-electron chi connectivity index (χ4n) is 6.88. The van der Waals surface area contributed by atoms with E-state index in [1.54, 1.807) is 0 Å². The number of nitrogens with one attached hydrogen (secondary N) is 3. The lowest BCUT2D eigenvalue weighted by Crippen LogP contribution is -2.41. The maximum atomic E-state index is 13.0. The highest BCUT2D eigenvalue weighted by molar-refractivity contribution is 7.92. The van der Waals surface area contributed by atoms with E-state index in [-0.39, 0.29) is 28.9 Å². The zero-order valence-electron chi connectivity index (χ0n) is 31.4. The summed E-state index contributed by atoms with van der Waals surface area (Å²) in [6.45, 7) is 11.3. The number of carbonyl (C=O) groups is 1. The molecule has 1 aliphatic carbocycles. The van der Waals surface area contributed by atoms with Crippen LogP contribution in [-0.4, -0.2) is 52.3 Å². The Morgan fingerprint density at radius 3 is 2.19 bits per heavy atom. The summed E-state index contributed by atoms with van der Waals surface area (Å²) in [4.78, 5) is 24.2. The van der Waals surface area contributed by atoms with Crippen molar-refractivity contribution in [3.05, 3.63) is 130 Å². The van der Waals surface area contributed by atoms with Crippen molar-refractivity contribution < 1.29 is 22.7 Å². The molecule has 0 radical (unpaired) electrons. The second-order valence-electron chi connectivity index (χ2n) is 15.7. The number of amides is 1. The molecule has 0 spiro atoms. The first-order valence-corrected chi connectivity index (χ1v) is 23.1. The molecule has 4 aromatic carbocycles. The topological polar surface area (TPSA) is 117 Å². The third-order valence-corrected chi connectivity index (χ3v) is 14.6. The van der Waals surface area contributed by atoms with E-state index < -0.39 is 18.3 Å². The number of hydrogen-bond donors (Lipinski definition) is 4. The Kier molecular flexibility index (Phi) is 12.7. The quantitative estimate of drug-likeness (QED) is 0.0856. The van der Waals surface area contributed by atoms with Crippen LogP contribution in [0.2, 0.25) is 18.1 Å². The molecule has 52 heavy (non-hydrogen) atoms. The van der Waals surface area contributed by atoms with Crippen LogP contribution in [0.15, 0.2) is 97.1 Å². The second-order valence-corrected chi connectivity index (χ2v) is 21.9. The van der Waals surface area contributed by atoms with Gasteiger partial charge in [-0.15, -0.1) is 0 Å². The summed E-state index contributed by atoms with van der Waals surface area (Å²) in [5.41, 5.74) is 7.12. The van der Waals surface area contributed by atoms with Crippen LogP contribution in [0.4, 0.5) is 5.69 Å². The Morgan fingerprint density at radius 2 is 1.54 bits per heavy atom. The minimum absolute atomic E-state index is 0.0172. The van der Waals surface area contributed by atoms with Gasteiger partial charge in [0, 0.05) is 18.6 Å². The highest BCUT2D eigenvalue weighted by Crippen LogP contribution is 2.45. The fraction of sp³-hybridized carbons (Fsp3) is 0.405.